The van der Waals surface area contributed by atoms with Crippen molar-refractivity contribution in [3.8, 4) is 0 Å². The van der Waals surface area contributed by atoms with Gasteiger partial charge in [0.15, 0.2) is 0 Å². The molecule has 3 rings (SSSR count). The van der Waals surface area contributed by atoms with Gasteiger partial charge in [-0.2, -0.15) is 4.98 Å². The number of carbonyl (C=O) groups is 1. The average molecular weight is 424 g/mol. The van der Waals surface area contributed by atoms with Crippen LogP contribution >= 0.6 is 24.8 Å². The number of hydrogen-bond donors (Lipinski definition) is 4. The van der Waals surface area contributed by atoms with Crippen molar-refractivity contribution in [3.63, 3.8) is 0 Å². The lowest BCUT2D eigenvalue weighted by molar-refractivity contribution is -0.125. The van der Waals surface area contributed by atoms with Gasteiger partial charge < -0.3 is 21.5 Å². The molecular weight excluding hydrogens is 393 g/mol. The van der Waals surface area contributed by atoms with Crippen molar-refractivity contribution in [1.82, 2.24) is 25.4 Å². The smallest absolute Gasteiger partial charge is 0.239 e. The summed E-state index contributed by atoms with van der Waals surface area (Å²) < 4.78 is 5.46. The number of ether oxygens (including phenoxy) is 1. The predicted octanol–water partition coefficient (Wildman–Crippen LogP) is 0.108. The number of halogens is 2. The summed E-state index contributed by atoms with van der Waals surface area (Å²) in [6, 6.07) is 0.614. The first-order valence-electron chi connectivity index (χ1n) is 9.13. The Balaban J connectivity index is 0.00000182. The predicted molar refractivity (Wildman–Crippen MR) is 108 cm³/mol. The summed E-state index contributed by atoms with van der Waals surface area (Å²) in [5, 5.41) is 9.55. The van der Waals surface area contributed by atoms with Gasteiger partial charge in [-0.1, -0.05) is 0 Å². The minimum Gasteiger partial charge on any atom is -0.381 e. The molecular formula is C16H31Cl2N7O2. The standard InChI is InChI=1S/C16H29N7O2.2ClH/c17-12-2-1-11(9-23(10-12)13-4-7-25-8-5-13)15(24)19-6-3-14-20-16(18)22-21-14;;/h11-13H,1-10,17H2,(H,19,24)(H3,18,20,21,22);2*1H/t11-,12+;;/m1../s1. The van der Waals surface area contributed by atoms with Crippen LogP contribution < -0.4 is 16.8 Å². The number of nitrogen functional groups attached to an aromatic ring is 1. The summed E-state index contributed by atoms with van der Waals surface area (Å²) in [6.45, 7) is 3.76. The molecule has 1 aromatic rings. The molecule has 0 aromatic carbocycles. The molecule has 1 amide bonds. The van der Waals surface area contributed by atoms with Crippen molar-refractivity contribution in [3.05, 3.63) is 5.82 Å². The maximum absolute atomic E-state index is 12.6. The molecule has 2 atom stereocenters. The van der Waals surface area contributed by atoms with Crippen molar-refractivity contribution < 1.29 is 9.53 Å². The molecule has 9 nitrogen and oxygen atoms in total. The molecule has 0 bridgehead atoms. The van der Waals surface area contributed by atoms with E-state index in [-0.39, 0.29) is 48.6 Å². The van der Waals surface area contributed by atoms with Gasteiger partial charge in [0, 0.05) is 51.4 Å². The molecule has 2 fully saturated rings. The molecule has 0 spiro atoms. The summed E-state index contributed by atoms with van der Waals surface area (Å²) in [4.78, 5) is 19.1. The zero-order valence-electron chi connectivity index (χ0n) is 15.4. The zero-order valence-corrected chi connectivity index (χ0v) is 17.1. The quantitative estimate of drug-likeness (QED) is 0.527. The number of nitrogens with two attached hydrogens (primary N) is 2. The Kier molecular flexibility index (Phi) is 10.3. The number of anilines is 1. The van der Waals surface area contributed by atoms with Crippen LogP contribution in [0.4, 0.5) is 5.95 Å². The fraction of sp³-hybridized carbons (Fsp3) is 0.812. The lowest BCUT2D eigenvalue weighted by Crippen LogP contribution is -2.47. The van der Waals surface area contributed by atoms with Gasteiger partial charge in [0.25, 0.3) is 0 Å². The maximum Gasteiger partial charge on any atom is 0.239 e. The van der Waals surface area contributed by atoms with Crippen LogP contribution in [0.25, 0.3) is 0 Å². The number of nitrogens with zero attached hydrogens (tertiary/aromatic N) is 3. The van der Waals surface area contributed by atoms with Crippen LogP contribution in [0, 0.1) is 5.92 Å². The van der Waals surface area contributed by atoms with Crippen LogP contribution in [0.15, 0.2) is 0 Å². The Morgan fingerprint density at radius 1 is 1.22 bits per heavy atom. The molecule has 3 heterocycles. The van der Waals surface area contributed by atoms with Crippen LogP contribution in [0.5, 0.6) is 0 Å². The lowest BCUT2D eigenvalue weighted by Gasteiger charge is -2.35. The van der Waals surface area contributed by atoms with Crippen molar-refractivity contribution in [2.24, 2.45) is 11.7 Å². The van der Waals surface area contributed by atoms with Gasteiger partial charge in [-0.15, -0.1) is 29.9 Å². The first-order chi connectivity index (χ1) is 12.1. The van der Waals surface area contributed by atoms with E-state index in [4.69, 9.17) is 16.2 Å². The number of H-pyrrole nitrogens is 1. The highest BCUT2D eigenvalue weighted by Crippen LogP contribution is 2.22. The fourth-order valence-electron chi connectivity index (χ4n) is 3.69. The Labute approximate surface area is 172 Å². The van der Waals surface area contributed by atoms with Gasteiger partial charge in [-0.05, 0) is 25.7 Å². The van der Waals surface area contributed by atoms with Gasteiger partial charge in [-0.25, -0.2) is 0 Å². The number of hydrogen-bond acceptors (Lipinski definition) is 7. The summed E-state index contributed by atoms with van der Waals surface area (Å²) in [6.07, 6.45) is 4.35. The van der Waals surface area contributed by atoms with Crippen LogP contribution in [-0.2, 0) is 16.0 Å². The van der Waals surface area contributed by atoms with Gasteiger partial charge >= 0.3 is 0 Å². The molecule has 0 aliphatic carbocycles. The van der Waals surface area contributed by atoms with E-state index in [1.54, 1.807) is 0 Å². The summed E-state index contributed by atoms with van der Waals surface area (Å²) in [5.41, 5.74) is 11.7. The number of carbonyl (C=O) groups excluding carboxylic acids is 1. The highest BCUT2D eigenvalue weighted by molar-refractivity contribution is 5.85. The normalized spacial score (nSPS) is 24.3. The molecule has 2 aliphatic heterocycles. The molecule has 0 radical (unpaired) electrons. The molecule has 2 saturated heterocycles. The van der Waals surface area contributed by atoms with E-state index < -0.39 is 0 Å². The molecule has 6 N–H and O–H groups in total. The second-order valence-corrected chi connectivity index (χ2v) is 7.01. The summed E-state index contributed by atoms with van der Waals surface area (Å²) in [5.74, 6) is 0.991. The maximum atomic E-state index is 12.6. The molecule has 156 valence electrons. The fourth-order valence-corrected chi connectivity index (χ4v) is 3.69. The van der Waals surface area contributed by atoms with Crippen LogP contribution in [0.3, 0.4) is 0 Å². The molecule has 2 aliphatic rings. The Hall–Kier alpha value is -1.13. The molecule has 1 aromatic heterocycles. The number of aromatic nitrogens is 3. The highest BCUT2D eigenvalue weighted by Gasteiger charge is 2.31. The first kappa shape index (κ1) is 23.9. The van der Waals surface area contributed by atoms with Crippen LogP contribution in [0.2, 0.25) is 0 Å². The average Bonchev–Trinajstić information content (AvgIpc) is 2.92. The number of nitrogens with one attached hydrogen (secondary N) is 2. The minimum absolute atomic E-state index is 0. The van der Waals surface area contributed by atoms with E-state index in [9.17, 15) is 4.79 Å². The number of likely N-dealkylation sites (tertiary alicyclic amines) is 1. The van der Waals surface area contributed by atoms with E-state index in [1.807, 2.05) is 0 Å². The van der Waals surface area contributed by atoms with Gasteiger partial charge in [0.2, 0.25) is 11.9 Å². The SMILES string of the molecule is Cl.Cl.Nc1n[nH]c(CCNC(=O)[C@@H]2CC[C@H](N)CN(C3CCOCC3)C2)n1. The third-order valence-corrected chi connectivity index (χ3v) is 5.10. The van der Waals surface area contributed by atoms with Gasteiger partial charge in [0.1, 0.15) is 5.82 Å². The number of rotatable bonds is 5. The molecule has 0 saturated carbocycles. The van der Waals surface area contributed by atoms with Crippen molar-refractivity contribution in [2.45, 2.75) is 44.2 Å². The number of aromatic amines is 1. The van der Waals surface area contributed by atoms with E-state index in [0.29, 0.717) is 24.8 Å². The van der Waals surface area contributed by atoms with Gasteiger partial charge in [0.05, 0.1) is 5.92 Å². The van der Waals surface area contributed by atoms with Crippen molar-refractivity contribution in [2.75, 3.05) is 38.6 Å². The number of amides is 1. The lowest BCUT2D eigenvalue weighted by atomic mass is 10.0. The molecule has 27 heavy (non-hydrogen) atoms. The van der Waals surface area contributed by atoms with E-state index in [0.717, 1.165) is 52.0 Å². The highest BCUT2D eigenvalue weighted by atomic mass is 35.5. The Morgan fingerprint density at radius 2 is 1.96 bits per heavy atom. The largest absolute Gasteiger partial charge is 0.381 e. The topological polar surface area (TPSA) is 135 Å². The van der Waals surface area contributed by atoms with E-state index in [1.165, 1.54) is 0 Å². The Bertz CT molecular complexity index is 569. The summed E-state index contributed by atoms with van der Waals surface area (Å²) >= 11 is 0. The third kappa shape index (κ3) is 7.08. The van der Waals surface area contributed by atoms with E-state index in [2.05, 4.69) is 25.4 Å². The second kappa shape index (κ2) is 11.7. The zero-order chi connectivity index (χ0) is 17.6. The monoisotopic (exact) mass is 423 g/mol. The molecule has 11 heteroatoms. The first-order valence-corrected chi connectivity index (χ1v) is 9.13. The van der Waals surface area contributed by atoms with Crippen molar-refractivity contribution in [1.29, 1.82) is 0 Å². The van der Waals surface area contributed by atoms with Crippen molar-refractivity contribution >= 4 is 36.7 Å². The Morgan fingerprint density at radius 3 is 2.63 bits per heavy atom. The minimum atomic E-state index is -0.0174. The van der Waals surface area contributed by atoms with Gasteiger partial charge in [-0.3, -0.25) is 14.8 Å². The summed E-state index contributed by atoms with van der Waals surface area (Å²) in [7, 11) is 0. The third-order valence-electron chi connectivity index (χ3n) is 5.10. The second-order valence-electron chi connectivity index (χ2n) is 7.01. The van der Waals surface area contributed by atoms with Crippen LogP contribution in [-0.4, -0.2) is 70.9 Å². The van der Waals surface area contributed by atoms with Crippen LogP contribution in [0.1, 0.15) is 31.5 Å². The molecule has 0 unspecified atom stereocenters. The van der Waals surface area contributed by atoms with E-state index >= 15 is 0 Å².